The monoisotopic (exact) mass is 408 g/mol. The first-order chi connectivity index (χ1) is 9.78. The average molecular weight is 408 g/mol. The highest BCUT2D eigenvalue weighted by Gasteiger charge is 2.16. The summed E-state index contributed by atoms with van der Waals surface area (Å²) in [7, 11) is 0. The Morgan fingerprint density at radius 3 is 2.95 bits per heavy atom. The van der Waals surface area contributed by atoms with Crippen molar-refractivity contribution in [2.24, 2.45) is 0 Å². The van der Waals surface area contributed by atoms with E-state index in [-0.39, 0.29) is 0 Å². The SMILES string of the molecule is Ic1ccc2c(c1)NC(=Cc1nc3ccccc3s1)S2. The molecule has 98 valence electrons. The maximum absolute atomic E-state index is 4.64. The van der Waals surface area contributed by atoms with Gasteiger partial charge in [0.25, 0.3) is 0 Å². The van der Waals surface area contributed by atoms with E-state index in [9.17, 15) is 0 Å². The quantitative estimate of drug-likeness (QED) is 0.545. The lowest BCUT2D eigenvalue weighted by molar-refractivity contribution is 1.43. The molecule has 1 aliphatic rings. The third-order valence-electron chi connectivity index (χ3n) is 2.98. The number of thiazole rings is 1. The molecule has 0 atom stereocenters. The van der Waals surface area contributed by atoms with Crippen molar-refractivity contribution in [1.29, 1.82) is 0 Å². The second-order valence-electron chi connectivity index (χ2n) is 4.40. The van der Waals surface area contributed by atoms with Crippen LogP contribution < -0.4 is 5.32 Å². The van der Waals surface area contributed by atoms with Gasteiger partial charge in [-0.1, -0.05) is 23.9 Å². The molecule has 3 aromatic rings. The lowest BCUT2D eigenvalue weighted by Crippen LogP contribution is -1.88. The molecule has 1 aromatic heterocycles. The minimum atomic E-state index is 1.05. The van der Waals surface area contributed by atoms with Gasteiger partial charge in [-0.2, -0.15) is 0 Å². The molecule has 0 aliphatic carbocycles. The Bertz CT molecular complexity index is 806. The summed E-state index contributed by atoms with van der Waals surface area (Å²) < 4.78 is 2.48. The van der Waals surface area contributed by atoms with Gasteiger partial charge in [-0.3, -0.25) is 0 Å². The number of hydrogen-bond acceptors (Lipinski definition) is 4. The van der Waals surface area contributed by atoms with Crippen molar-refractivity contribution >= 4 is 67.7 Å². The minimum Gasteiger partial charge on any atom is -0.349 e. The maximum Gasteiger partial charge on any atom is 0.119 e. The van der Waals surface area contributed by atoms with Crippen LogP contribution in [0.15, 0.2) is 52.4 Å². The van der Waals surface area contributed by atoms with E-state index < -0.39 is 0 Å². The second kappa shape index (κ2) is 5.05. The summed E-state index contributed by atoms with van der Waals surface area (Å²) in [6, 6.07) is 14.7. The fourth-order valence-corrected chi connectivity index (χ4v) is 4.50. The smallest absolute Gasteiger partial charge is 0.119 e. The topological polar surface area (TPSA) is 24.9 Å². The molecular formula is C15H9IN2S2. The largest absolute Gasteiger partial charge is 0.349 e. The van der Waals surface area contributed by atoms with E-state index in [2.05, 4.69) is 75.4 Å². The van der Waals surface area contributed by atoms with Gasteiger partial charge >= 0.3 is 0 Å². The van der Waals surface area contributed by atoms with Gasteiger partial charge in [0.1, 0.15) is 5.01 Å². The number of aromatic nitrogens is 1. The Hall–Kier alpha value is -1.05. The zero-order valence-corrected chi connectivity index (χ0v) is 14.1. The van der Waals surface area contributed by atoms with Crippen LogP contribution >= 0.6 is 45.7 Å². The van der Waals surface area contributed by atoms with Crippen LogP contribution in [-0.4, -0.2) is 4.98 Å². The predicted octanol–water partition coefficient (Wildman–Crippen LogP) is 5.42. The third-order valence-corrected chi connectivity index (χ3v) is 5.65. The van der Waals surface area contributed by atoms with Crippen molar-refractivity contribution in [3.63, 3.8) is 0 Å². The van der Waals surface area contributed by atoms with E-state index >= 15 is 0 Å². The number of rotatable bonds is 1. The molecule has 0 unspecified atom stereocenters. The van der Waals surface area contributed by atoms with Crippen LogP contribution in [0.3, 0.4) is 0 Å². The van der Waals surface area contributed by atoms with Crippen LogP contribution in [0.1, 0.15) is 5.01 Å². The third kappa shape index (κ3) is 2.34. The molecule has 0 bridgehead atoms. The molecule has 0 saturated carbocycles. The lowest BCUT2D eigenvalue weighted by atomic mass is 10.3. The maximum atomic E-state index is 4.64. The first kappa shape index (κ1) is 12.7. The zero-order valence-electron chi connectivity index (χ0n) is 10.3. The molecule has 5 heteroatoms. The fourth-order valence-electron chi connectivity index (χ4n) is 2.10. The summed E-state index contributed by atoms with van der Waals surface area (Å²) in [4.78, 5) is 5.92. The number of anilines is 1. The van der Waals surface area contributed by atoms with Gasteiger partial charge < -0.3 is 5.32 Å². The minimum absolute atomic E-state index is 1.05. The molecule has 4 rings (SSSR count). The Labute approximate surface area is 138 Å². The van der Waals surface area contributed by atoms with Crippen molar-refractivity contribution in [3.8, 4) is 0 Å². The van der Waals surface area contributed by atoms with Crippen LogP contribution in [-0.2, 0) is 0 Å². The Kier molecular flexibility index (Phi) is 3.20. The molecule has 2 aromatic carbocycles. The van der Waals surface area contributed by atoms with Gasteiger partial charge in [-0.15, -0.1) is 11.3 Å². The van der Waals surface area contributed by atoms with Gasteiger partial charge in [0.15, 0.2) is 0 Å². The highest BCUT2D eigenvalue weighted by atomic mass is 127. The molecule has 1 aliphatic heterocycles. The summed E-state index contributed by atoms with van der Waals surface area (Å²) in [5.41, 5.74) is 2.26. The van der Waals surface area contributed by atoms with Crippen LogP contribution in [0.5, 0.6) is 0 Å². The van der Waals surface area contributed by atoms with Gasteiger partial charge in [0.2, 0.25) is 0 Å². The molecule has 0 radical (unpaired) electrons. The van der Waals surface area contributed by atoms with Gasteiger partial charge in [-0.05, 0) is 52.9 Å². The van der Waals surface area contributed by atoms with Crippen molar-refractivity contribution < 1.29 is 0 Å². The van der Waals surface area contributed by atoms with Crippen LogP contribution in [0.4, 0.5) is 5.69 Å². The lowest BCUT2D eigenvalue weighted by Gasteiger charge is -1.97. The number of nitrogens with one attached hydrogen (secondary N) is 1. The number of para-hydroxylation sites is 1. The first-order valence-corrected chi connectivity index (χ1v) is 8.81. The Balaban J connectivity index is 1.69. The van der Waals surface area contributed by atoms with Crippen molar-refractivity contribution in [3.05, 3.63) is 56.1 Å². The summed E-state index contributed by atoms with van der Waals surface area (Å²) in [6.45, 7) is 0. The zero-order chi connectivity index (χ0) is 13.5. The number of fused-ring (bicyclic) bond motifs is 2. The highest BCUT2D eigenvalue weighted by Crippen LogP contribution is 2.42. The van der Waals surface area contributed by atoms with Crippen molar-refractivity contribution in [2.45, 2.75) is 4.90 Å². The number of nitrogens with zero attached hydrogens (tertiary/aromatic N) is 1. The standard InChI is InChI=1S/C15H9IN2S2/c16-9-5-6-13-11(7-9)18-15(20-13)8-14-17-10-3-1-2-4-12(10)19-14/h1-8,18H. The number of thioether (sulfide) groups is 1. The summed E-state index contributed by atoms with van der Waals surface area (Å²) >= 11 is 5.82. The number of benzene rings is 2. The van der Waals surface area contributed by atoms with E-state index in [0.29, 0.717) is 0 Å². The number of halogens is 1. The van der Waals surface area contributed by atoms with Crippen LogP contribution in [0.25, 0.3) is 16.3 Å². The Morgan fingerprint density at radius 2 is 2.05 bits per heavy atom. The number of hydrogen-bond donors (Lipinski definition) is 1. The van der Waals surface area contributed by atoms with Gasteiger partial charge in [-0.25, -0.2) is 4.98 Å². The molecule has 20 heavy (non-hydrogen) atoms. The molecule has 2 heterocycles. The molecule has 1 N–H and O–H groups in total. The Morgan fingerprint density at radius 1 is 1.15 bits per heavy atom. The summed E-state index contributed by atoms with van der Waals surface area (Å²) in [5.74, 6) is 0. The first-order valence-electron chi connectivity index (χ1n) is 6.10. The summed E-state index contributed by atoms with van der Waals surface area (Å²) in [5, 5.41) is 5.64. The van der Waals surface area contributed by atoms with Gasteiger partial charge in [0.05, 0.1) is 20.9 Å². The molecule has 0 amide bonds. The normalized spacial score (nSPS) is 15.6. The predicted molar refractivity (Wildman–Crippen MR) is 96.2 cm³/mol. The van der Waals surface area contributed by atoms with Crippen LogP contribution in [0, 0.1) is 3.57 Å². The second-order valence-corrected chi connectivity index (χ2v) is 7.79. The van der Waals surface area contributed by atoms with Crippen molar-refractivity contribution in [1.82, 2.24) is 4.98 Å². The van der Waals surface area contributed by atoms with Crippen LogP contribution in [0.2, 0.25) is 0 Å². The van der Waals surface area contributed by atoms with E-state index in [4.69, 9.17) is 0 Å². The van der Waals surface area contributed by atoms with E-state index in [1.54, 1.807) is 23.1 Å². The molecule has 2 nitrogen and oxygen atoms in total. The van der Waals surface area contributed by atoms with E-state index in [1.807, 2.05) is 6.07 Å². The highest BCUT2D eigenvalue weighted by molar-refractivity contribution is 14.1. The fraction of sp³-hybridized carbons (Fsp3) is 0. The molecule has 0 saturated heterocycles. The summed E-state index contributed by atoms with van der Waals surface area (Å²) in [6.07, 6.45) is 2.13. The molecule has 0 spiro atoms. The van der Waals surface area contributed by atoms with Crippen molar-refractivity contribution in [2.75, 3.05) is 5.32 Å². The molecule has 0 fully saturated rings. The average Bonchev–Trinajstić information content (AvgIpc) is 3.00. The van der Waals surface area contributed by atoms with E-state index in [0.717, 1.165) is 15.6 Å². The van der Waals surface area contributed by atoms with Gasteiger partial charge in [0, 0.05) is 14.5 Å². The van der Waals surface area contributed by atoms with E-state index in [1.165, 1.54) is 18.9 Å². The molecular weight excluding hydrogens is 399 g/mol.